The maximum Gasteiger partial charge on any atom is 0.294 e. The molecule has 2 heterocycles. The van der Waals surface area contributed by atoms with Crippen LogP contribution in [-0.4, -0.2) is 32.9 Å². The van der Waals surface area contributed by atoms with Gasteiger partial charge in [-0.05, 0) is 50.1 Å². The van der Waals surface area contributed by atoms with Gasteiger partial charge in [0, 0.05) is 17.0 Å². The molecule has 0 spiro atoms. The molecule has 1 saturated carbocycles. The first-order valence-corrected chi connectivity index (χ1v) is 12.0. The first kappa shape index (κ1) is 24.6. The lowest BCUT2D eigenvalue weighted by atomic mass is 10.1. The van der Waals surface area contributed by atoms with Gasteiger partial charge in [-0.1, -0.05) is 35.0 Å². The van der Waals surface area contributed by atoms with E-state index in [2.05, 4.69) is 33.2 Å². The number of aromatic nitrogens is 2. The lowest BCUT2D eigenvalue weighted by Crippen LogP contribution is -2.36. The highest BCUT2D eigenvalue weighted by Gasteiger charge is 2.45. The number of carbonyl (C=O) groups is 1. The van der Waals surface area contributed by atoms with Crippen molar-refractivity contribution in [2.45, 2.75) is 31.7 Å². The average Bonchev–Trinajstić information content (AvgIpc) is 3.27. The zero-order chi connectivity index (χ0) is 25.2. The number of hydrogen-bond acceptors (Lipinski definition) is 7. The Bertz CT molecular complexity index is 1430. The van der Waals surface area contributed by atoms with Gasteiger partial charge >= 0.3 is 0 Å². The third-order valence-corrected chi connectivity index (χ3v) is 6.81. The van der Waals surface area contributed by atoms with Crippen LogP contribution in [0, 0.1) is 40.2 Å². The third-order valence-electron chi connectivity index (χ3n) is 5.27. The number of carbonyl (C=O) groups excluding carboxylic acids is 1. The first-order valence-electron chi connectivity index (χ1n) is 10.4. The van der Waals surface area contributed by atoms with Gasteiger partial charge in [-0.3, -0.25) is 4.79 Å². The highest BCUT2D eigenvalue weighted by Crippen LogP contribution is 2.38. The molecule has 2 aromatic heterocycles. The minimum atomic E-state index is -0.855. The van der Waals surface area contributed by atoms with Crippen molar-refractivity contribution in [1.29, 1.82) is 5.26 Å². The smallest absolute Gasteiger partial charge is 0.294 e. The van der Waals surface area contributed by atoms with E-state index in [-0.39, 0.29) is 18.7 Å². The molecule has 9 nitrogen and oxygen atoms in total. The van der Waals surface area contributed by atoms with Gasteiger partial charge in [0.05, 0.1) is 32.2 Å². The molecule has 0 bridgehead atoms. The van der Waals surface area contributed by atoms with Crippen LogP contribution >= 0.6 is 34.5 Å². The van der Waals surface area contributed by atoms with Crippen LogP contribution in [0.25, 0.3) is 16.3 Å². The topological polar surface area (TPSA) is 123 Å². The molecule has 0 radical (unpaired) electrons. The molecule has 178 valence electrons. The number of rotatable bonds is 7. The second kappa shape index (κ2) is 9.96. The maximum atomic E-state index is 13.0. The first-order chi connectivity index (χ1) is 16.7. The van der Waals surface area contributed by atoms with Crippen molar-refractivity contribution in [2.75, 3.05) is 6.61 Å². The van der Waals surface area contributed by atoms with Crippen LogP contribution in [0.3, 0.4) is 0 Å². The molecular formula is C23H17Cl2N5O4S. The molecule has 1 N–H and O–H groups in total. The van der Waals surface area contributed by atoms with Crippen LogP contribution in [0.4, 0.5) is 0 Å². The number of nitrogens with one attached hydrogen (secondary N) is 1. The molecule has 1 aliphatic carbocycles. The summed E-state index contributed by atoms with van der Waals surface area (Å²) in [7, 11) is 0. The summed E-state index contributed by atoms with van der Waals surface area (Å²) in [4.78, 5) is 29.0. The van der Waals surface area contributed by atoms with Crippen LogP contribution in [0.15, 0.2) is 30.3 Å². The zero-order valence-electron chi connectivity index (χ0n) is 18.3. The van der Waals surface area contributed by atoms with E-state index in [1.807, 2.05) is 12.1 Å². The number of thiophene rings is 1. The molecule has 12 heteroatoms. The Kier molecular flexibility index (Phi) is 6.99. The number of nitriles is 1. The Balaban J connectivity index is 1.72. The van der Waals surface area contributed by atoms with E-state index >= 15 is 0 Å². The standard InChI is InChI=1S/C23H17Cl2N5O4S/c1-14-20(22(31)27-23(13-26)9-10-23)28-29(18-7-5-15(24)12-17(18)25)21(14)19-8-6-16(35-19)4-2-3-11-34-30(32)33/h5-8,12H,3,9-11H2,1H3,(H,27,31). The second-order valence-electron chi connectivity index (χ2n) is 7.75. The molecule has 1 fully saturated rings. The molecule has 4 rings (SSSR count). The van der Waals surface area contributed by atoms with Crippen molar-refractivity contribution < 1.29 is 14.7 Å². The van der Waals surface area contributed by atoms with Crippen LogP contribution in [-0.2, 0) is 4.84 Å². The largest absolute Gasteiger partial charge is 0.332 e. The van der Waals surface area contributed by atoms with Crippen molar-refractivity contribution >= 4 is 40.4 Å². The Labute approximate surface area is 214 Å². The van der Waals surface area contributed by atoms with Gasteiger partial charge < -0.3 is 10.2 Å². The van der Waals surface area contributed by atoms with Gasteiger partial charge in [0.2, 0.25) is 0 Å². The summed E-state index contributed by atoms with van der Waals surface area (Å²) in [6.45, 7) is 1.67. The second-order valence-corrected chi connectivity index (χ2v) is 9.68. The van der Waals surface area contributed by atoms with Gasteiger partial charge in [-0.2, -0.15) is 10.4 Å². The van der Waals surface area contributed by atoms with Crippen molar-refractivity contribution in [3.8, 4) is 34.2 Å². The third kappa shape index (κ3) is 5.41. The summed E-state index contributed by atoms with van der Waals surface area (Å²) in [5, 5.41) is 26.9. The summed E-state index contributed by atoms with van der Waals surface area (Å²) >= 11 is 13.9. The van der Waals surface area contributed by atoms with Gasteiger partial charge in [0.15, 0.2) is 5.69 Å². The van der Waals surface area contributed by atoms with Crippen molar-refractivity contribution in [2.24, 2.45) is 0 Å². The summed E-state index contributed by atoms with van der Waals surface area (Å²) in [5.41, 5.74) is 1.15. The molecule has 0 atom stereocenters. The van der Waals surface area contributed by atoms with Gasteiger partial charge in [-0.25, -0.2) is 4.68 Å². The summed E-state index contributed by atoms with van der Waals surface area (Å²) < 4.78 is 1.59. The van der Waals surface area contributed by atoms with Gasteiger partial charge in [-0.15, -0.1) is 21.5 Å². The number of amides is 1. The fourth-order valence-electron chi connectivity index (χ4n) is 3.35. The van der Waals surface area contributed by atoms with E-state index in [1.165, 1.54) is 11.3 Å². The van der Waals surface area contributed by atoms with Crippen LogP contribution in [0.1, 0.15) is 40.2 Å². The Morgan fingerprint density at radius 3 is 2.80 bits per heavy atom. The van der Waals surface area contributed by atoms with Crippen LogP contribution < -0.4 is 5.32 Å². The number of hydrogen-bond donors (Lipinski definition) is 1. The highest BCUT2D eigenvalue weighted by molar-refractivity contribution is 7.16. The van der Waals surface area contributed by atoms with E-state index in [9.17, 15) is 20.2 Å². The lowest BCUT2D eigenvalue weighted by molar-refractivity contribution is -0.757. The van der Waals surface area contributed by atoms with Gasteiger partial charge in [0.25, 0.3) is 11.0 Å². The fraction of sp³-hybridized carbons (Fsp3) is 0.261. The van der Waals surface area contributed by atoms with Crippen LogP contribution in [0.5, 0.6) is 0 Å². The lowest BCUT2D eigenvalue weighted by Gasteiger charge is -2.09. The normalized spacial score (nSPS) is 13.3. The van der Waals surface area contributed by atoms with Crippen molar-refractivity contribution in [3.63, 3.8) is 0 Å². The monoisotopic (exact) mass is 529 g/mol. The maximum absolute atomic E-state index is 13.0. The molecule has 0 aliphatic heterocycles. The molecule has 1 aliphatic rings. The van der Waals surface area contributed by atoms with Crippen molar-refractivity contribution in [3.05, 3.63) is 66.6 Å². The highest BCUT2D eigenvalue weighted by atomic mass is 35.5. The summed E-state index contributed by atoms with van der Waals surface area (Å²) in [5.74, 6) is 5.36. The number of nitrogens with zero attached hydrogens (tertiary/aromatic N) is 4. The number of halogens is 2. The minimum Gasteiger partial charge on any atom is -0.332 e. The predicted molar refractivity (Wildman–Crippen MR) is 131 cm³/mol. The van der Waals surface area contributed by atoms with E-state index in [0.29, 0.717) is 39.8 Å². The van der Waals surface area contributed by atoms with Gasteiger partial charge in [0.1, 0.15) is 12.1 Å². The molecular weight excluding hydrogens is 513 g/mol. The van der Waals surface area contributed by atoms with Crippen molar-refractivity contribution in [1.82, 2.24) is 15.1 Å². The average molecular weight is 530 g/mol. The molecule has 0 unspecified atom stereocenters. The Hall–Kier alpha value is -3.57. The van der Waals surface area contributed by atoms with E-state index in [4.69, 9.17) is 23.2 Å². The Morgan fingerprint density at radius 2 is 2.14 bits per heavy atom. The molecule has 35 heavy (non-hydrogen) atoms. The zero-order valence-corrected chi connectivity index (χ0v) is 20.6. The Morgan fingerprint density at radius 1 is 1.37 bits per heavy atom. The molecule has 3 aromatic rings. The van der Waals surface area contributed by atoms with E-state index < -0.39 is 16.5 Å². The molecule has 1 aromatic carbocycles. The SMILES string of the molecule is Cc1c(C(=O)NC2(C#N)CC2)nn(-c2ccc(Cl)cc2Cl)c1-c1ccc(C#CCCO[N+](=O)[O-])s1. The minimum absolute atomic E-state index is 0.109. The quantitative estimate of drug-likeness (QED) is 0.200. The van der Waals surface area contributed by atoms with Crippen LogP contribution in [0.2, 0.25) is 10.0 Å². The van der Waals surface area contributed by atoms with E-state index in [1.54, 1.807) is 29.8 Å². The molecule has 0 saturated heterocycles. The molecule has 1 amide bonds. The summed E-state index contributed by atoms with van der Waals surface area (Å²) in [6, 6.07) is 10.8. The summed E-state index contributed by atoms with van der Waals surface area (Å²) in [6.07, 6.45) is 1.41. The predicted octanol–water partition coefficient (Wildman–Crippen LogP) is 4.95. The van der Waals surface area contributed by atoms with E-state index in [0.717, 1.165) is 9.75 Å². The fourth-order valence-corrected chi connectivity index (χ4v) is 4.80. The number of benzene rings is 1.